The number of nitrogens with zero attached hydrogens (tertiary/aromatic N) is 2. The van der Waals surface area contributed by atoms with Crippen LogP contribution in [0.3, 0.4) is 0 Å². The van der Waals surface area contributed by atoms with Gasteiger partial charge < -0.3 is 19.9 Å². The molecule has 0 atom stereocenters. The van der Waals surface area contributed by atoms with Gasteiger partial charge in [-0.15, -0.1) is 0 Å². The van der Waals surface area contributed by atoms with E-state index in [1.54, 1.807) is 36.1 Å². The van der Waals surface area contributed by atoms with Crippen molar-refractivity contribution in [2.45, 2.75) is 6.92 Å². The average Bonchev–Trinajstić information content (AvgIpc) is 2.70. The van der Waals surface area contributed by atoms with E-state index in [2.05, 4.69) is 10.2 Å². The third-order valence-corrected chi connectivity index (χ3v) is 4.76. The summed E-state index contributed by atoms with van der Waals surface area (Å²) >= 11 is 6.09. The highest BCUT2D eigenvalue weighted by atomic mass is 35.5. The van der Waals surface area contributed by atoms with Gasteiger partial charge in [0.05, 0.1) is 22.9 Å². The number of anilines is 2. The van der Waals surface area contributed by atoms with Gasteiger partial charge in [0.2, 0.25) is 0 Å². The van der Waals surface area contributed by atoms with Crippen LogP contribution in [0.2, 0.25) is 5.02 Å². The van der Waals surface area contributed by atoms with Gasteiger partial charge in [0, 0.05) is 31.9 Å². The Hall–Kier alpha value is -2.73. The molecule has 0 radical (unpaired) electrons. The molecule has 0 aliphatic carbocycles. The molecule has 1 heterocycles. The standard InChI is InChI=1S/C20H22ClN3O3/c1-2-27-19(25)15-7-9-16(10-8-15)23-11-13-24(14-12-23)20(26)22-18-6-4-3-5-17(18)21/h3-10H,2,11-14H2,1H3,(H,22,26). The van der Waals surface area contributed by atoms with E-state index in [1.165, 1.54) is 0 Å². The predicted molar refractivity (Wildman–Crippen MR) is 107 cm³/mol. The van der Waals surface area contributed by atoms with Gasteiger partial charge in [-0.3, -0.25) is 0 Å². The van der Waals surface area contributed by atoms with E-state index < -0.39 is 0 Å². The molecule has 0 aromatic heterocycles. The van der Waals surface area contributed by atoms with E-state index >= 15 is 0 Å². The Labute approximate surface area is 163 Å². The predicted octanol–water partition coefficient (Wildman–Crippen LogP) is 3.87. The Morgan fingerprint density at radius 1 is 1.04 bits per heavy atom. The Kier molecular flexibility index (Phi) is 6.19. The van der Waals surface area contributed by atoms with Gasteiger partial charge in [-0.2, -0.15) is 0 Å². The van der Waals surface area contributed by atoms with Gasteiger partial charge in [-0.05, 0) is 43.3 Å². The molecule has 0 spiro atoms. The Bertz CT molecular complexity index is 802. The minimum Gasteiger partial charge on any atom is -0.462 e. The molecule has 1 N–H and O–H groups in total. The van der Waals surface area contributed by atoms with Gasteiger partial charge in [0.15, 0.2) is 0 Å². The number of piperazine rings is 1. The smallest absolute Gasteiger partial charge is 0.338 e. The Morgan fingerprint density at radius 3 is 2.33 bits per heavy atom. The van der Waals surface area contributed by atoms with E-state index in [4.69, 9.17) is 16.3 Å². The Balaban J connectivity index is 1.55. The molecule has 27 heavy (non-hydrogen) atoms. The topological polar surface area (TPSA) is 61.9 Å². The van der Waals surface area contributed by atoms with Crippen molar-refractivity contribution >= 4 is 35.0 Å². The number of para-hydroxylation sites is 1. The van der Waals surface area contributed by atoms with Crippen LogP contribution in [-0.2, 0) is 4.74 Å². The molecule has 1 fully saturated rings. The number of urea groups is 1. The monoisotopic (exact) mass is 387 g/mol. The number of hydrogen-bond acceptors (Lipinski definition) is 4. The van der Waals surface area contributed by atoms with E-state index in [-0.39, 0.29) is 12.0 Å². The minimum atomic E-state index is -0.315. The lowest BCUT2D eigenvalue weighted by Crippen LogP contribution is -2.50. The molecule has 2 aromatic carbocycles. The van der Waals surface area contributed by atoms with Crippen molar-refractivity contribution in [3.63, 3.8) is 0 Å². The number of benzene rings is 2. The number of esters is 1. The van der Waals surface area contributed by atoms with Crippen LogP contribution in [0.15, 0.2) is 48.5 Å². The van der Waals surface area contributed by atoms with Crippen molar-refractivity contribution < 1.29 is 14.3 Å². The van der Waals surface area contributed by atoms with Crippen molar-refractivity contribution in [3.8, 4) is 0 Å². The summed E-state index contributed by atoms with van der Waals surface area (Å²) in [6, 6.07) is 14.4. The summed E-state index contributed by atoms with van der Waals surface area (Å²) in [6.45, 7) is 4.79. The molecule has 6 nitrogen and oxygen atoms in total. The minimum absolute atomic E-state index is 0.152. The van der Waals surface area contributed by atoms with Crippen LogP contribution in [0.4, 0.5) is 16.2 Å². The maximum Gasteiger partial charge on any atom is 0.338 e. The normalized spacial score (nSPS) is 14.0. The first kappa shape index (κ1) is 19.0. The van der Waals surface area contributed by atoms with Gasteiger partial charge in [-0.25, -0.2) is 9.59 Å². The number of rotatable bonds is 4. The maximum absolute atomic E-state index is 12.4. The summed E-state index contributed by atoms with van der Waals surface area (Å²) in [5, 5.41) is 3.37. The molecule has 7 heteroatoms. The van der Waals surface area contributed by atoms with Gasteiger partial charge in [0.25, 0.3) is 0 Å². The number of amides is 2. The van der Waals surface area contributed by atoms with Crippen LogP contribution in [-0.4, -0.2) is 49.7 Å². The van der Waals surface area contributed by atoms with E-state index in [9.17, 15) is 9.59 Å². The zero-order valence-electron chi connectivity index (χ0n) is 15.2. The van der Waals surface area contributed by atoms with Gasteiger partial charge in [-0.1, -0.05) is 23.7 Å². The van der Waals surface area contributed by atoms with Gasteiger partial charge >= 0.3 is 12.0 Å². The van der Waals surface area contributed by atoms with E-state index in [0.717, 1.165) is 5.69 Å². The molecule has 1 aliphatic rings. The van der Waals surface area contributed by atoms with Gasteiger partial charge in [0.1, 0.15) is 0 Å². The fourth-order valence-electron chi connectivity index (χ4n) is 2.95. The number of halogens is 1. The number of carbonyl (C=O) groups is 2. The summed E-state index contributed by atoms with van der Waals surface area (Å²) in [5.41, 5.74) is 2.17. The van der Waals surface area contributed by atoms with Crippen molar-refractivity contribution in [2.24, 2.45) is 0 Å². The number of hydrogen-bond donors (Lipinski definition) is 1. The van der Waals surface area contributed by atoms with Crippen LogP contribution in [0.25, 0.3) is 0 Å². The second-order valence-electron chi connectivity index (χ2n) is 6.15. The molecule has 2 aromatic rings. The second kappa shape index (κ2) is 8.77. The van der Waals surface area contributed by atoms with Crippen molar-refractivity contribution in [1.29, 1.82) is 0 Å². The SMILES string of the molecule is CCOC(=O)c1ccc(N2CCN(C(=O)Nc3ccccc3Cl)CC2)cc1. The lowest BCUT2D eigenvalue weighted by molar-refractivity contribution is 0.0526. The van der Waals surface area contributed by atoms with Crippen LogP contribution in [0.5, 0.6) is 0 Å². The molecule has 2 amide bonds. The maximum atomic E-state index is 12.4. The quantitative estimate of drug-likeness (QED) is 0.809. The fourth-order valence-corrected chi connectivity index (χ4v) is 3.13. The zero-order valence-corrected chi connectivity index (χ0v) is 15.9. The third-order valence-electron chi connectivity index (χ3n) is 4.43. The zero-order chi connectivity index (χ0) is 19.2. The average molecular weight is 388 g/mol. The molecule has 3 rings (SSSR count). The highest BCUT2D eigenvalue weighted by Crippen LogP contribution is 2.22. The first-order valence-electron chi connectivity index (χ1n) is 8.91. The molecule has 1 aliphatic heterocycles. The molecule has 0 unspecified atom stereocenters. The molecule has 0 saturated carbocycles. The highest BCUT2D eigenvalue weighted by Gasteiger charge is 2.22. The lowest BCUT2D eigenvalue weighted by atomic mass is 10.2. The first-order valence-corrected chi connectivity index (χ1v) is 9.29. The molecule has 142 valence electrons. The van der Waals surface area contributed by atoms with Crippen molar-refractivity contribution in [1.82, 2.24) is 4.90 Å². The van der Waals surface area contributed by atoms with Crippen LogP contribution in [0, 0.1) is 0 Å². The van der Waals surface area contributed by atoms with Crippen LogP contribution < -0.4 is 10.2 Å². The van der Waals surface area contributed by atoms with Crippen molar-refractivity contribution in [3.05, 3.63) is 59.1 Å². The largest absolute Gasteiger partial charge is 0.462 e. The second-order valence-corrected chi connectivity index (χ2v) is 6.56. The number of nitrogens with one attached hydrogen (secondary N) is 1. The van der Waals surface area contributed by atoms with E-state index in [1.807, 2.05) is 24.3 Å². The number of carbonyl (C=O) groups excluding carboxylic acids is 2. The lowest BCUT2D eigenvalue weighted by Gasteiger charge is -2.36. The summed E-state index contributed by atoms with van der Waals surface area (Å²) in [7, 11) is 0. The number of ether oxygens (including phenoxy) is 1. The van der Waals surface area contributed by atoms with E-state index in [0.29, 0.717) is 49.1 Å². The molecular weight excluding hydrogens is 366 g/mol. The summed E-state index contributed by atoms with van der Waals surface area (Å²) < 4.78 is 5.00. The Morgan fingerprint density at radius 2 is 1.70 bits per heavy atom. The highest BCUT2D eigenvalue weighted by molar-refractivity contribution is 6.33. The first-order chi connectivity index (χ1) is 13.1. The summed E-state index contributed by atoms with van der Waals surface area (Å²) in [6.07, 6.45) is 0. The molecule has 1 saturated heterocycles. The molecule has 0 bridgehead atoms. The van der Waals surface area contributed by atoms with Crippen LogP contribution in [0.1, 0.15) is 17.3 Å². The third kappa shape index (κ3) is 4.71. The van der Waals surface area contributed by atoms with Crippen molar-refractivity contribution in [2.75, 3.05) is 43.0 Å². The molecular formula is C20H22ClN3O3. The summed E-state index contributed by atoms with van der Waals surface area (Å²) in [4.78, 5) is 28.1. The van der Waals surface area contributed by atoms with Crippen LogP contribution >= 0.6 is 11.6 Å². The summed E-state index contributed by atoms with van der Waals surface area (Å²) in [5.74, 6) is -0.315. The fraction of sp³-hybridized carbons (Fsp3) is 0.300.